The number of halogens is 1. The third kappa shape index (κ3) is 2.98. The van der Waals surface area contributed by atoms with E-state index in [4.69, 9.17) is 17.3 Å². The molecule has 1 aliphatic carbocycles. The Labute approximate surface area is 133 Å². The van der Waals surface area contributed by atoms with Gasteiger partial charge in [0.05, 0.1) is 16.4 Å². The number of amides is 1. The molecule has 1 aliphatic rings. The minimum atomic E-state index is -0.257. The zero-order valence-electron chi connectivity index (χ0n) is 12.3. The molecule has 0 saturated heterocycles. The van der Waals surface area contributed by atoms with Gasteiger partial charge in [-0.25, -0.2) is 4.68 Å². The highest BCUT2D eigenvalue weighted by Gasteiger charge is 2.29. The first-order valence-electron chi connectivity index (χ1n) is 7.29. The Morgan fingerprint density at radius 3 is 2.91 bits per heavy atom. The van der Waals surface area contributed by atoms with Crippen LogP contribution in [0.1, 0.15) is 29.0 Å². The summed E-state index contributed by atoms with van der Waals surface area (Å²) in [6.45, 7) is 2.25. The zero-order valence-corrected chi connectivity index (χ0v) is 13.0. The number of nitrogens with zero attached hydrogens (tertiary/aromatic N) is 3. The summed E-state index contributed by atoms with van der Waals surface area (Å²) < 4.78 is 1.57. The van der Waals surface area contributed by atoms with Gasteiger partial charge in [0.2, 0.25) is 0 Å². The van der Waals surface area contributed by atoms with Gasteiger partial charge in [0.15, 0.2) is 5.69 Å². The summed E-state index contributed by atoms with van der Waals surface area (Å²) in [5.41, 5.74) is 7.62. The van der Waals surface area contributed by atoms with Crippen LogP contribution in [0.4, 0.5) is 0 Å². The first kappa shape index (κ1) is 15.0. The predicted molar refractivity (Wildman–Crippen MR) is 84.1 cm³/mol. The third-order valence-corrected chi connectivity index (χ3v) is 4.24. The second-order valence-corrected chi connectivity index (χ2v) is 6.01. The van der Waals surface area contributed by atoms with E-state index < -0.39 is 0 Å². The average Bonchev–Trinajstić information content (AvgIpc) is 3.29. The number of rotatable bonds is 5. The fraction of sp³-hybridized carbons (Fsp3) is 0.400. The van der Waals surface area contributed by atoms with Gasteiger partial charge in [-0.2, -0.15) is 0 Å². The van der Waals surface area contributed by atoms with Crippen molar-refractivity contribution >= 4 is 17.5 Å². The first-order valence-corrected chi connectivity index (χ1v) is 7.66. The summed E-state index contributed by atoms with van der Waals surface area (Å²) in [5.74, 6) is 0.284. The maximum atomic E-state index is 12.2. The van der Waals surface area contributed by atoms with Crippen molar-refractivity contribution in [1.29, 1.82) is 0 Å². The molecule has 6 nitrogen and oxygen atoms in total. The number of nitrogens with one attached hydrogen (secondary N) is 1. The topological polar surface area (TPSA) is 85.8 Å². The Bertz CT molecular complexity index is 695. The predicted octanol–water partition coefficient (Wildman–Crippen LogP) is 1.70. The van der Waals surface area contributed by atoms with Gasteiger partial charge < -0.3 is 11.1 Å². The van der Waals surface area contributed by atoms with Crippen LogP contribution in [0.2, 0.25) is 5.02 Å². The monoisotopic (exact) mass is 319 g/mol. The molecule has 1 amide bonds. The molecule has 0 bridgehead atoms. The molecule has 1 heterocycles. The normalized spacial score (nSPS) is 15.6. The molecular formula is C15H18ClN5O. The number of carbonyl (C=O) groups is 1. The number of aromatic nitrogens is 3. The Hall–Kier alpha value is -1.92. The van der Waals surface area contributed by atoms with Gasteiger partial charge >= 0.3 is 0 Å². The van der Waals surface area contributed by atoms with E-state index in [2.05, 4.69) is 15.6 Å². The Morgan fingerprint density at radius 2 is 2.23 bits per heavy atom. The van der Waals surface area contributed by atoms with Crippen LogP contribution in [0, 0.1) is 12.8 Å². The van der Waals surface area contributed by atoms with Crippen LogP contribution in [0.15, 0.2) is 24.3 Å². The number of benzene rings is 1. The molecule has 3 rings (SSSR count). The lowest BCUT2D eigenvalue weighted by Crippen LogP contribution is -2.38. The van der Waals surface area contributed by atoms with Crippen LogP contribution in [0.25, 0.3) is 5.69 Å². The Kier molecular flexibility index (Phi) is 4.13. The first-order chi connectivity index (χ1) is 10.6. The third-order valence-electron chi connectivity index (χ3n) is 3.92. The molecule has 0 aliphatic heterocycles. The molecule has 0 spiro atoms. The maximum Gasteiger partial charge on any atom is 0.273 e. The summed E-state index contributed by atoms with van der Waals surface area (Å²) in [6, 6.07) is 7.31. The average molecular weight is 320 g/mol. The van der Waals surface area contributed by atoms with E-state index in [1.165, 1.54) is 0 Å². The molecule has 3 N–H and O–H groups in total. The quantitative estimate of drug-likeness (QED) is 0.878. The van der Waals surface area contributed by atoms with Crippen molar-refractivity contribution in [2.75, 3.05) is 6.54 Å². The van der Waals surface area contributed by atoms with Crippen molar-refractivity contribution in [3.05, 3.63) is 40.7 Å². The lowest BCUT2D eigenvalue weighted by molar-refractivity contribution is 0.0944. The van der Waals surface area contributed by atoms with Crippen LogP contribution >= 0.6 is 11.6 Å². The van der Waals surface area contributed by atoms with Gasteiger partial charge in [-0.15, -0.1) is 5.10 Å². The molecule has 0 radical (unpaired) electrons. The smallest absolute Gasteiger partial charge is 0.273 e. The molecule has 1 atom stereocenters. The van der Waals surface area contributed by atoms with Crippen LogP contribution in [0.5, 0.6) is 0 Å². The highest BCUT2D eigenvalue weighted by atomic mass is 35.5. The number of para-hydroxylation sites is 1. The van der Waals surface area contributed by atoms with Gasteiger partial charge in [-0.1, -0.05) is 28.9 Å². The van der Waals surface area contributed by atoms with E-state index in [1.54, 1.807) is 17.7 Å². The van der Waals surface area contributed by atoms with Crippen molar-refractivity contribution in [3.8, 4) is 5.69 Å². The SMILES string of the molecule is Cc1c(C(=O)NCC(N)C2CC2)nnn1-c1ccccc1Cl. The van der Waals surface area contributed by atoms with Crippen LogP contribution in [-0.4, -0.2) is 33.5 Å². The largest absolute Gasteiger partial charge is 0.349 e. The minimum absolute atomic E-state index is 0.0165. The Morgan fingerprint density at radius 1 is 1.50 bits per heavy atom. The van der Waals surface area contributed by atoms with Crippen molar-refractivity contribution in [3.63, 3.8) is 0 Å². The van der Waals surface area contributed by atoms with Crippen molar-refractivity contribution < 1.29 is 4.79 Å². The van der Waals surface area contributed by atoms with Gasteiger partial charge in [0, 0.05) is 12.6 Å². The minimum Gasteiger partial charge on any atom is -0.349 e. The second-order valence-electron chi connectivity index (χ2n) is 5.60. The van der Waals surface area contributed by atoms with Gasteiger partial charge in [0.1, 0.15) is 0 Å². The molecule has 7 heteroatoms. The van der Waals surface area contributed by atoms with Gasteiger partial charge in [-0.3, -0.25) is 4.79 Å². The molecule has 1 aromatic heterocycles. The lowest BCUT2D eigenvalue weighted by atomic mass is 10.2. The zero-order chi connectivity index (χ0) is 15.7. The summed E-state index contributed by atoms with van der Waals surface area (Å²) >= 11 is 6.16. The Balaban J connectivity index is 1.75. The van der Waals surface area contributed by atoms with E-state index in [9.17, 15) is 4.79 Å². The molecular weight excluding hydrogens is 302 g/mol. The molecule has 1 fully saturated rings. The molecule has 116 valence electrons. The van der Waals surface area contributed by atoms with E-state index in [-0.39, 0.29) is 11.9 Å². The van der Waals surface area contributed by atoms with E-state index >= 15 is 0 Å². The standard InChI is InChI=1S/C15H18ClN5O/c1-9-14(15(22)18-8-12(17)10-6-7-10)19-20-21(9)13-5-3-2-4-11(13)16/h2-5,10,12H,6-8,17H2,1H3,(H,18,22). The van der Waals surface area contributed by atoms with Crippen molar-refractivity contribution in [2.45, 2.75) is 25.8 Å². The molecule has 1 unspecified atom stereocenters. The van der Waals surface area contributed by atoms with E-state index in [1.807, 2.05) is 18.2 Å². The number of hydrogen-bond donors (Lipinski definition) is 2. The summed E-state index contributed by atoms with van der Waals surface area (Å²) in [7, 11) is 0. The van der Waals surface area contributed by atoms with E-state index in [0.717, 1.165) is 12.8 Å². The molecule has 1 saturated carbocycles. The van der Waals surface area contributed by atoms with Crippen LogP contribution < -0.4 is 11.1 Å². The summed E-state index contributed by atoms with van der Waals surface area (Å²) in [5, 5.41) is 11.4. The molecule has 22 heavy (non-hydrogen) atoms. The maximum absolute atomic E-state index is 12.2. The van der Waals surface area contributed by atoms with Gasteiger partial charge in [-0.05, 0) is 37.8 Å². The van der Waals surface area contributed by atoms with Gasteiger partial charge in [0.25, 0.3) is 5.91 Å². The molecule has 1 aromatic carbocycles. The fourth-order valence-corrected chi connectivity index (χ4v) is 2.59. The van der Waals surface area contributed by atoms with E-state index in [0.29, 0.717) is 34.6 Å². The van der Waals surface area contributed by atoms with Crippen LogP contribution in [-0.2, 0) is 0 Å². The van der Waals surface area contributed by atoms with Crippen LogP contribution in [0.3, 0.4) is 0 Å². The number of hydrogen-bond acceptors (Lipinski definition) is 4. The number of carbonyl (C=O) groups excluding carboxylic acids is 1. The highest BCUT2D eigenvalue weighted by molar-refractivity contribution is 6.32. The van der Waals surface area contributed by atoms with Crippen molar-refractivity contribution in [1.82, 2.24) is 20.3 Å². The number of nitrogens with two attached hydrogens (primary N) is 1. The molecule has 2 aromatic rings. The second kappa shape index (κ2) is 6.06. The summed E-state index contributed by atoms with van der Waals surface area (Å²) in [6.07, 6.45) is 2.30. The fourth-order valence-electron chi connectivity index (χ4n) is 2.38. The lowest BCUT2D eigenvalue weighted by Gasteiger charge is -2.11. The van der Waals surface area contributed by atoms with Crippen molar-refractivity contribution in [2.24, 2.45) is 11.7 Å². The summed E-state index contributed by atoms with van der Waals surface area (Å²) in [4.78, 5) is 12.2. The highest BCUT2D eigenvalue weighted by Crippen LogP contribution is 2.31.